The fourth-order valence-electron chi connectivity index (χ4n) is 2.56. The summed E-state index contributed by atoms with van der Waals surface area (Å²) in [7, 11) is 0. The van der Waals surface area contributed by atoms with Crippen LogP contribution in [-0.2, 0) is 0 Å². The van der Waals surface area contributed by atoms with Crippen molar-refractivity contribution < 1.29 is 0 Å². The van der Waals surface area contributed by atoms with Crippen molar-refractivity contribution >= 4 is 41.0 Å². The van der Waals surface area contributed by atoms with E-state index in [1.807, 2.05) is 29.0 Å². The average molecular weight is 429 g/mol. The van der Waals surface area contributed by atoms with Crippen LogP contribution in [0, 0.1) is 15.0 Å². The highest BCUT2D eigenvalue weighted by Crippen LogP contribution is 2.32. The van der Waals surface area contributed by atoms with Gasteiger partial charge in [0.05, 0.1) is 4.51 Å². The number of nitrogens with zero attached hydrogens (tertiary/aromatic N) is 1. The molecule has 0 N–H and O–H groups in total. The molecule has 0 aliphatic heterocycles. The van der Waals surface area contributed by atoms with Crippen LogP contribution in [0.1, 0.15) is 5.56 Å². The topological polar surface area (TPSA) is 4.93 Å². The van der Waals surface area contributed by atoms with Crippen molar-refractivity contribution in [2.24, 2.45) is 0 Å². The molecule has 0 amide bonds. The lowest BCUT2D eigenvalue weighted by Crippen LogP contribution is -1.95. The van der Waals surface area contributed by atoms with Gasteiger partial charge in [-0.1, -0.05) is 66.8 Å². The number of aromatic nitrogens is 1. The standard InChI is InChI=1S/C20H16INS/c1-3-22-12-17(15-7-5-4-6-8-15)20(23)18(13-22)16-10-9-14(2)11-19(16)21/h3-13H,1H2,2H3. The first kappa shape index (κ1) is 16.1. The predicted molar refractivity (Wildman–Crippen MR) is 110 cm³/mol. The summed E-state index contributed by atoms with van der Waals surface area (Å²) in [5, 5.41) is 0. The summed E-state index contributed by atoms with van der Waals surface area (Å²) < 4.78 is 4.05. The molecule has 0 aliphatic rings. The van der Waals surface area contributed by atoms with Gasteiger partial charge in [-0.05, 0) is 46.7 Å². The number of hydrogen-bond acceptors (Lipinski definition) is 1. The minimum Gasteiger partial charge on any atom is -0.330 e. The summed E-state index contributed by atoms with van der Waals surface area (Å²) in [5.74, 6) is 0. The van der Waals surface area contributed by atoms with Gasteiger partial charge in [-0.3, -0.25) is 0 Å². The van der Waals surface area contributed by atoms with E-state index in [4.69, 9.17) is 12.2 Å². The smallest absolute Gasteiger partial charge is 0.0563 e. The van der Waals surface area contributed by atoms with E-state index in [0.717, 1.165) is 26.8 Å². The Hall–Kier alpha value is -1.72. The van der Waals surface area contributed by atoms with E-state index in [0.29, 0.717) is 0 Å². The van der Waals surface area contributed by atoms with Crippen LogP contribution in [0.2, 0.25) is 0 Å². The maximum Gasteiger partial charge on any atom is 0.0563 e. The van der Waals surface area contributed by atoms with E-state index >= 15 is 0 Å². The highest BCUT2D eigenvalue weighted by Gasteiger charge is 2.10. The van der Waals surface area contributed by atoms with Crippen LogP contribution < -0.4 is 0 Å². The largest absolute Gasteiger partial charge is 0.330 e. The molecule has 1 aromatic heterocycles. The van der Waals surface area contributed by atoms with Gasteiger partial charge in [0.1, 0.15) is 0 Å². The van der Waals surface area contributed by atoms with Crippen molar-refractivity contribution in [3.63, 3.8) is 0 Å². The fraction of sp³-hybridized carbons (Fsp3) is 0.0500. The number of pyridine rings is 1. The first-order chi connectivity index (χ1) is 11.1. The number of halogens is 1. The van der Waals surface area contributed by atoms with Crippen LogP contribution in [0.5, 0.6) is 0 Å². The van der Waals surface area contributed by atoms with Gasteiger partial charge in [0, 0.05) is 33.3 Å². The summed E-state index contributed by atoms with van der Waals surface area (Å²) in [6.45, 7) is 6.00. The Morgan fingerprint density at radius 1 is 1.00 bits per heavy atom. The Labute approximate surface area is 155 Å². The lowest BCUT2D eigenvalue weighted by atomic mass is 10.0. The molecule has 1 nitrogen and oxygen atoms in total. The summed E-state index contributed by atoms with van der Waals surface area (Å²) in [6, 6.07) is 16.7. The molecule has 1 heterocycles. The SMILES string of the molecule is C=Cn1cc(-c2ccccc2)c(=S)c(-c2ccc(C)cc2I)c1. The molecule has 0 saturated heterocycles. The summed E-state index contributed by atoms with van der Waals surface area (Å²) in [4.78, 5) is 0. The molecule has 0 radical (unpaired) electrons. The predicted octanol–water partition coefficient (Wildman–Crippen LogP) is 6.57. The fourth-order valence-corrected chi connectivity index (χ4v) is 3.85. The Kier molecular flexibility index (Phi) is 4.78. The van der Waals surface area contributed by atoms with Crippen molar-refractivity contribution in [1.82, 2.24) is 4.57 Å². The Morgan fingerprint density at radius 3 is 2.35 bits per heavy atom. The second-order valence-electron chi connectivity index (χ2n) is 5.39. The first-order valence-corrected chi connectivity index (χ1v) is 8.79. The van der Waals surface area contributed by atoms with Crippen molar-refractivity contribution in [1.29, 1.82) is 0 Å². The molecular formula is C20H16INS. The average Bonchev–Trinajstić information content (AvgIpc) is 2.56. The van der Waals surface area contributed by atoms with E-state index in [-0.39, 0.29) is 0 Å². The third-order valence-corrected chi connectivity index (χ3v) is 5.09. The number of benzene rings is 2. The Morgan fingerprint density at radius 2 is 1.70 bits per heavy atom. The van der Waals surface area contributed by atoms with Gasteiger partial charge >= 0.3 is 0 Å². The second-order valence-corrected chi connectivity index (χ2v) is 6.96. The van der Waals surface area contributed by atoms with Gasteiger partial charge in [-0.15, -0.1) is 0 Å². The molecule has 0 unspecified atom stereocenters. The Bertz CT molecular complexity index is 926. The lowest BCUT2D eigenvalue weighted by molar-refractivity contribution is 1.13. The van der Waals surface area contributed by atoms with E-state index in [1.54, 1.807) is 6.20 Å². The maximum atomic E-state index is 5.81. The zero-order valence-electron chi connectivity index (χ0n) is 12.8. The molecule has 0 atom stereocenters. The van der Waals surface area contributed by atoms with Gasteiger partial charge in [-0.25, -0.2) is 0 Å². The third kappa shape index (κ3) is 3.31. The van der Waals surface area contributed by atoms with Crippen molar-refractivity contribution in [2.45, 2.75) is 6.92 Å². The van der Waals surface area contributed by atoms with Gasteiger partial charge in [0.15, 0.2) is 0 Å². The normalized spacial score (nSPS) is 10.5. The van der Waals surface area contributed by atoms with Crippen LogP contribution in [0.3, 0.4) is 0 Å². The summed E-state index contributed by atoms with van der Waals surface area (Å²) >= 11 is 8.18. The van der Waals surface area contributed by atoms with Crippen LogP contribution in [0.15, 0.2) is 67.5 Å². The van der Waals surface area contributed by atoms with Gasteiger partial charge < -0.3 is 4.57 Å². The zero-order valence-corrected chi connectivity index (χ0v) is 15.8. The van der Waals surface area contributed by atoms with Gasteiger partial charge in [0.25, 0.3) is 0 Å². The van der Waals surface area contributed by atoms with E-state index in [2.05, 4.69) is 72.6 Å². The van der Waals surface area contributed by atoms with Gasteiger partial charge in [0.2, 0.25) is 0 Å². The molecule has 0 aliphatic carbocycles. The van der Waals surface area contributed by atoms with Crippen LogP contribution in [-0.4, -0.2) is 4.57 Å². The third-order valence-electron chi connectivity index (χ3n) is 3.76. The second kappa shape index (κ2) is 6.81. The van der Waals surface area contributed by atoms with Crippen molar-refractivity contribution in [2.75, 3.05) is 0 Å². The molecule has 3 heteroatoms. The molecule has 0 spiro atoms. The van der Waals surface area contributed by atoms with Crippen molar-refractivity contribution in [3.8, 4) is 22.3 Å². The molecule has 3 aromatic rings. The van der Waals surface area contributed by atoms with Gasteiger partial charge in [-0.2, -0.15) is 0 Å². The highest BCUT2D eigenvalue weighted by atomic mass is 127. The molecule has 0 bridgehead atoms. The minimum atomic E-state index is 0.871. The molecule has 23 heavy (non-hydrogen) atoms. The molecule has 2 aromatic carbocycles. The van der Waals surface area contributed by atoms with Crippen molar-refractivity contribution in [3.05, 3.63) is 81.1 Å². The van der Waals surface area contributed by atoms with E-state index in [1.165, 1.54) is 9.13 Å². The van der Waals surface area contributed by atoms with Crippen LogP contribution >= 0.6 is 34.8 Å². The first-order valence-electron chi connectivity index (χ1n) is 7.30. The highest BCUT2D eigenvalue weighted by molar-refractivity contribution is 14.1. The monoisotopic (exact) mass is 429 g/mol. The minimum absolute atomic E-state index is 0.871. The molecule has 0 fully saturated rings. The zero-order chi connectivity index (χ0) is 16.4. The molecule has 114 valence electrons. The number of aryl methyl sites for hydroxylation is 1. The summed E-state index contributed by atoms with van der Waals surface area (Å²) in [5.41, 5.74) is 5.64. The quantitative estimate of drug-likeness (QED) is 0.337. The molecule has 3 rings (SSSR count). The van der Waals surface area contributed by atoms with Crippen LogP contribution in [0.25, 0.3) is 28.5 Å². The number of rotatable bonds is 3. The Balaban J connectivity index is 2.30. The van der Waals surface area contributed by atoms with Crippen LogP contribution in [0.4, 0.5) is 0 Å². The number of hydrogen-bond donors (Lipinski definition) is 0. The lowest BCUT2D eigenvalue weighted by Gasteiger charge is -2.13. The maximum absolute atomic E-state index is 5.81. The van der Waals surface area contributed by atoms with E-state index in [9.17, 15) is 0 Å². The summed E-state index contributed by atoms with van der Waals surface area (Å²) in [6.07, 6.45) is 5.88. The molecule has 0 saturated carbocycles. The molecular weight excluding hydrogens is 413 g/mol. The van der Waals surface area contributed by atoms with E-state index < -0.39 is 0 Å².